The topological polar surface area (TPSA) is 115 Å². The molecule has 26 heavy (non-hydrogen) atoms. The molecule has 0 fully saturated rings. The number of carbonyl (C=O) groups is 1. The largest absolute Gasteiger partial charge is 0.493 e. The number of hydrogen-bond acceptors (Lipinski definition) is 6. The van der Waals surface area contributed by atoms with Crippen LogP contribution < -0.4 is 22.3 Å². The highest BCUT2D eigenvalue weighted by atomic mass is 19.1. The van der Waals surface area contributed by atoms with E-state index >= 15 is 0 Å². The number of nitrogens with zero attached hydrogens (tertiary/aromatic N) is 1. The normalized spacial score (nSPS) is 10.3. The molecule has 0 saturated heterocycles. The molecule has 2 aromatic rings. The predicted octanol–water partition coefficient (Wildman–Crippen LogP) is 2.88. The van der Waals surface area contributed by atoms with E-state index in [0.29, 0.717) is 12.2 Å². The van der Waals surface area contributed by atoms with Crippen molar-refractivity contribution in [2.24, 2.45) is 5.84 Å². The fourth-order valence-corrected chi connectivity index (χ4v) is 2.13. The lowest BCUT2D eigenvalue weighted by atomic mass is 10.1. The molecule has 138 valence electrons. The number of carbonyl (C=O) groups excluding carboxylic acids is 1. The van der Waals surface area contributed by atoms with Crippen molar-refractivity contribution >= 4 is 28.9 Å². The lowest BCUT2D eigenvalue weighted by Crippen LogP contribution is -2.18. The second-order valence-corrected chi connectivity index (χ2v) is 5.32. The minimum atomic E-state index is -1.13. The molecule has 2 rings (SSSR count). The maximum Gasteiger partial charge on any atom is 0.261 e. The first kappa shape index (κ1) is 19.1. The average Bonchev–Trinajstić information content (AvgIpc) is 2.63. The number of nitrogens with one attached hydrogen (secondary N) is 2. The van der Waals surface area contributed by atoms with Crippen molar-refractivity contribution in [3.05, 3.63) is 53.7 Å². The summed E-state index contributed by atoms with van der Waals surface area (Å²) in [6.45, 7) is 6.14. The number of hydrazine groups is 1. The number of nitrogen functional groups attached to an aromatic ring is 2. The molecule has 1 aromatic heterocycles. The van der Waals surface area contributed by atoms with Gasteiger partial charge in [-0.1, -0.05) is 13.5 Å². The van der Waals surface area contributed by atoms with Crippen LogP contribution in [0.2, 0.25) is 0 Å². The fourth-order valence-electron chi connectivity index (χ4n) is 2.13. The Hall–Kier alpha value is -3.20. The van der Waals surface area contributed by atoms with Gasteiger partial charge >= 0.3 is 0 Å². The van der Waals surface area contributed by atoms with Crippen LogP contribution in [0.1, 0.15) is 29.3 Å². The van der Waals surface area contributed by atoms with E-state index in [0.717, 1.165) is 18.6 Å². The first-order chi connectivity index (χ1) is 12.4. The number of rotatable bonds is 7. The molecule has 1 heterocycles. The van der Waals surface area contributed by atoms with Gasteiger partial charge in [0.25, 0.3) is 5.91 Å². The van der Waals surface area contributed by atoms with Gasteiger partial charge in [0.05, 0.1) is 29.7 Å². The first-order valence-electron chi connectivity index (χ1n) is 7.72. The molecule has 0 aliphatic heterocycles. The molecule has 0 unspecified atom stereocenters. The highest BCUT2D eigenvalue weighted by Crippen LogP contribution is 2.26. The summed E-state index contributed by atoms with van der Waals surface area (Å²) < 4.78 is 33.2. The Balaban J connectivity index is 2.31. The Morgan fingerprint density at radius 1 is 1.38 bits per heavy atom. The number of nitrogens with two attached hydrogens (primary N) is 2. The first-order valence-corrected chi connectivity index (χ1v) is 7.72. The molecule has 7 nitrogen and oxygen atoms in total. The van der Waals surface area contributed by atoms with Crippen molar-refractivity contribution in [2.45, 2.75) is 13.3 Å². The van der Waals surface area contributed by atoms with E-state index in [1.165, 1.54) is 12.3 Å². The molecule has 0 atom stereocenters. The zero-order valence-corrected chi connectivity index (χ0v) is 14.1. The summed E-state index contributed by atoms with van der Waals surface area (Å²) in [6, 6.07) is 3.43. The van der Waals surface area contributed by atoms with E-state index in [9.17, 15) is 13.6 Å². The molecule has 0 bridgehead atoms. The Morgan fingerprint density at radius 2 is 2.12 bits per heavy atom. The molecular formula is C17H19F2N5O2. The van der Waals surface area contributed by atoms with Gasteiger partial charge in [0.2, 0.25) is 0 Å². The van der Waals surface area contributed by atoms with Gasteiger partial charge in [-0.25, -0.2) is 19.6 Å². The standard InChI is InChI=1S/C17H19F2N5O2/c1-3-6-26-9(2)11-7-10(8-22-16(11)24-21)23-17(25)14-12(18)4-5-13(20)15(14)19/h4-5,7-8H,2-3,6,20-21H2,1H3,(H,22,24)(H,23,25). The Labute approximate surface area is 149 Å². The van der Waals surface area contributed by atoms with E-state index in [1.54, 1.807) is 0 Å². The zero-order valence-electron chi connectivity index (χ0n) is 14.1. The van der Waals surface area contributed by atoms with Crippen LogP contribution >= 0.6 is 0 Å². The quantitative estimate of drug-likeness (QED) is 0.260. The molecular weight excluding hydrogens is 344 g/mol. The van der Waals surface area contributed by atoms with E-state index in [-0.39, 0.29) is 23.0 Å². The number of ether oxygens (including phenoxy) is 1. The second-order valence-electron chi connectivity index (χ2n) is 5.32. The van der Waals surface area contributed by atoms with Crippen molar-refractivity contribution in [2.75, 3.05) is 23.1 Å². The van der Waals surface area contributed by atoms with Crippen LogP contribution in [0.25, 0.3) is 5.76 Å². The monoisotopic (exact) mass is 363 g/mol. The van der Waals surface area contributed by atoms with Gasteiger partial charge in [-0.3, -0.25) is 4.79 Å². The number of amides is 1. The number of pyridine rings is 1. The van der Waals surface area contributed by atoms with Crippen molar-refractivity contribution in [1.29, 1.82) is 0 Å². The van der Waals surface area contributed by atoms with Crippen LogP contribution in [-0.2, 0) is 4.74 Å². The van der Waals surface area contributed by atoms with Crippen molar-refractivity contribution < 1.29 is 18.3 Å². The lowest BCUT2D eigenvalue weighted by Gasteiger charge is -2.14. The number of halogens is 2. The van der Waals surface area contributed by atoms with Crippen LogP contribution in [0, 0.1) is 11.6 Å². The highest BCUT2D eigenvalue weighted by molar-refractivity contribution is 6.05. The summed E-state index contributed by atoms with van der Waals surface area (Å²) >= 11 is 0. The van der Waals surface area contributed by atoms with E-state index < -0.39 is 23.1 Å². The Bertz CT molecular complexity index is 842. The van der Waals surface area contributed by atoms with Crippen molar-refractivity contribution in [3.8, 4) is 0 Å². The molecule has 6 N–H and O–H groups in total. The summed E-state index contributed by atoms with van der Waals surface area (Å²) in [5, 5.41) is 2.37. The van der Waals surface area contributed by atoms with Crippen LogP contribution in [-0.4, -0.2) is 17.5 Å². The molecule has 0 spiro atoms. The molecule has 9 heteroatoms. The smallest absolute Gasteiger partial charge is 0.261 e. The third kappa shape index (κ3) is 4.06. The SMILES string of the molecule is C=C(OCCC)c1cc(NC(=O)c2c(F)ccc(N)c2F)cnc1NN. The summed E-state index contributed by atoms with van der Waals surface area (Å²) in [6.07, 6.45) is 2.04. The minimum absolute atomic E-state index is 0.173. The van der Waals surface area contributed by atoms with Crippen LogP contribution in [0.5, 0.6) is 0 Å². The third-order valence-electron chi connectivity index (χ3n) is 3.41. The lowest BCUT2D eigenvalue weighted by molar-refractivity contribution is 0.101. The number of anilines is 3. The van der Waals surface area contributed by atoms with Crippen molar-refractivity contribution in [1.82, 2.24) is 4.98 Å². The van der Waals surface area contributed by atoms with Crippen LogP contribution in [0.4, 0.5) is 26.0 Å². The van der Waals surface area contributed by atoms with E-state index in [1.807, 2.05) is 6.92 Å². The number of benzene rings is 1. The van der Waals surface area contributed by atoms with Gasteiger partial charge in [-0.15, -0.1) is 0 Å². The summed E-state index contributed by atoms with van der Waals surface area (Å²) in [5.74, 6) is 2.79. The summed E-state index contributed by atoms with van der Waals surface area (Å²) in [7, 11) is 0. The number of hydrogen-bond donors (Lipinski definition) is 4. The highest BCUT2D eigenvalue weighted by Gasteiger charge is 2.20. The Kier molecular flexibility index (Phi) is 6.07. The Morgan fingerprint density at radius 3 is 2.77 bits per heavy atom. The number of aromatic nitrogens is 1. The molecule has 1 aromatic carbocycles. The van der Waals surface area contributed by atoms with Gasteiger partial charge in [0.15, 0.2) is 11.6 Å². The molecule has 0 aliphatic rings. The van der Waals surface area contributed by atoms with E-state index in [4.69, 9.17) is 16.3 Å². The maximum atomic E-state index is 14.0. The van der Waals surface area contributed by atoms with Crippen LogP contribution in [0.15, 0.2) is 31.0 Å². The van der Waals surface area contributed by atoms with Gasteiger partial charge < -0.3 is 21.2 Å². The van der Waals surface area contributed by atoms with Gasteiger partial charge in [-0.2, -0.15) is 0 Å². The molecule has 0 saturated carbocycles. The maximum absolute atomic E-state index is 14.0. The molecule has 0 aliphatic carbocycles. The van der Waals surface area contributed by atoms with Crippen molar-refractivity contribution in [3.63, 3.8) is 0 Å². The van der Waals surface area contributed by atoms with Gasteiger partial charge in [0.1, 0.15) is 17.1 Å². The fraction of sp³-hybridized carbons (Fsp3) is 0.176. The summed E-state index contributed by atoms with van der Waals surface area (Å²) in [5.41, 5.74) is 7.22. The molecule has 0 radical (unpaired) electrons. The predicted molar refractivity (Wildman–Crippen MR) is 96.0 cm³/mol. The van der Waals surface area contributed by atoms with E-state index in [2.05, 4.69) is 22.3 Å². The third-order valence-corrected chi connectivity index (χ3v) is 3.41. The average molecular weight is 363 g/mol. The zero-order chi connectivity index (χ0) is 19.3. The van der Waals surface area contributed by atoms with Gasteiger partial charge in [0, 0.05) is 0 Å². The minimum Gasteiger partial charge on any atom is -0.493 e. The second kappa shape index (κ2) is 8.26. The van der Waals surface area contributed by atoms with Gasteiger partial charge in [-0.05, 0) is 24.6 Å². The molecule has 1 amide bonds. The van der Waals surface area contributed by atoms with Crippen LogP contribution in [0.3, 0.4) is 0 Å². The summed E-state index contributed by atoms with van der Waals surface area (Å²) in [4.78, 5) is 16.3.